The smallest absolute Gasteiger partial charge is 0.224 e. The lowest BCUT2D eigenvalue weighted by Crippen LogP contribution is -2.51. The number of piperazine rings is 1. The Hall–Kier alpha value is -3.16. The van der Waals surface area contributed by atoms with Crippen molar-refractivity contribution >= 4 is 5.91 Å². The molecule has 1 heterocycles. The normalized spacial score (nSPS) is 17.5. The maximum atomic E-state index is 13.5. The molecule has 0 unspecified atom stereocenters. The highest BCUT2D eigenvalue weighted by atomic mass is 19.2. The first kappa shape index (κ1) is 24.0. The van der Waals surface area contributed by atoms with Crippen LogP contribution >= 0.6 is 0 Å². The van der Waals surface area contributed by atoms with Gasteiger partial charge in [0.1, 0.15) is 5.82 Å². The minimum Gasteiger partial charge on any atom is -0.333 e. The van der Waals surface area contributed by atoms with Gasteiger partial charge in [0.2, 0.25) is 5.91 Å². The van der Waals surface area contributed by atoms with E-state index in [1.807, 2.05) is 18.2 Å². The van der Waals surface area contributed by atoms with Gasteiger partial charge in [0, 0.05) is 38.6 Å². The topological polar surface area (TPSA) is 49.6 Å². The number of halogens is 3. The van der Waals surface area contributed by atoms with Crippen molar-refractivity contribution in [1.82, 2.24) is 9.80 Å². The molecule has 3 aromatic carbocycles. The molecule has 3 aromatic rings. The molecule has 1 fully saturated rings. The molecule has 0 spiro atoms. The molecule has 7 heteroatoms. The number of hydrogen-bond acceptors (Lipinski definition) is 3. The van der Waals surface area contributed by atoms with Gasteiger partial charge in [-0.1, -0.05) is 48.5 Å². The van der Waals surface area contributed by atoms with Crippen molar-refractivity contribution in [1.29, 1.82) is 0 Å². The summed E-state index contributed by atoms with van der Waals surface area (Å²) in [6.45, 7) is 2.60. The lowest BCUT2D eigenvalue weighted by Gasteiger charge is -2.42. The molecule has 1 saturated heterocycles. The Balaban J connectivity index is 1.46. The highest BCUT2D eigenvalue weighted by molar-refractivity contribution is 5.77. The third-order valence-corrected chi connectivity index (χ3v) is 6.21. The fourth-order valence-electron chi connectivity index (χ4n) is 4.48. The molecule has 178 valence electrons. The van der Waals surface area contributed by atoms with Crippen LogP contribution in [-0.4, -0.2) is 41.4 Å². The van der Waals surface area contributed by atoms with Crippen LogP contribution in [-0.2, 0) is 17.8 Å². The van der Waals surface area contributed by atoms with E-state index < -0.39 is 17.7 Å². The van der Waals surface area contributed by atoms with E-state index in [9.17, 15) is 18.0 Å². The standard InChI is InChI=1S/C27H28F3N3O/c28-22-9-7-21(8-10-22)26-18-32(17-19-4-2-1-3-5-19)12-13-33(26)27(34)16-23(31)14-20-6-11-24(29)25(30)15-20/h1-11,15,23,26H,12-14,16-18,31H2/t23-,26+/m1/s1. The average molecular weight is 468 g/mol. The van der Waals surface area contributed by atoms with Gasteiger partial charge in [-0.15, -0.1) is 0 Å². The van der Waals surface area contributed by atoms with Crippen LogP contribution < -0.4 is 5.73 Å². The van der Waals surface area contributed by atoms with E-state index in [1.54, 1.807) is 17.0 Å². The molecule has 0 aliphatic carbocycles. The lowest BCUT2D eigenvalue weighted by atomic mass is 9.99. The van der Waals surface area contributed by atoms with Crippen LogP contribution in [0.25, 0.3) is 0 Å². The summed E-state index contributed by atoms with van der Waals surface area (Å²) in [5, 5.41) is 0. The monoisotopic (exact) mass is 467 g/mol. The van der Waals surface area contributed by atoms with Gasteiger partial charge in [0.05, 0.1) is 6.04 Å². The molecule has 0 aromatic heterocycles. The summed E-state index contributed by atoms with van der Waals surface area (Å²) in [4.78, 5) is 17.3. The first-order chi connectivity index (χ1) is 16.4. The van der Waals surface area contributed by atoms with E-state index in [0.717, 1.165) is 24.2 Å². The molecule has 2 N–H and O–H groups in total. The zero-order valence-corrected chi connectivity index (χ0v) is 18.8. The zero-order chi connectivity index (χ0) is 24.1. The number of carbonyl (C=O) groups is 1. The van der Waals surface area contributed by atoms with Crippen molar-refractivity contribution in [3.63, 3.8) is 0 Å². The molecule has 1 aliphatic heterocycles. The molecular weight excluding hydrogens is 439 g/mol. The van der Waals surface area contributed by atoms with Crippen molar-refractivity contribution in [3.8, 4) is 0 Å². The van der Waals surface area contributed by atoms with Gasteiger partial charge in [-0.3, -0.25) is 9.69 Å². The maximum absolute atomic E-state index is 13.5. The summed E-state index contributed by atoms with van der Waals surface area (Å²) >= 11 is 0. The molecule has 4 nitrogen and oxygen atoms in total. The molecule has 4 rings (SSSR count). The van der Waals surface area contributed by atoms with Crippen LogP contribution in [0.3, 0.4) is 0 Å². The average Bonchev–Trinajstić information content (AvgIpc) is 2.82. The first-order valence-electron chi connectivity index (χ1n) is 11.4. The molecule has 1 amide bonds. The second-order valence-corrected chi connectivity index (χ2v) is 8.79. The van der Waals surface area contributed by atoms with Crippen molar-refractivity contribution in [2.45, 2.75) is 31.5 Å². The van der Waals surface area contributed by atoms with E-state index in [4.69, 9.17) is 5.73 Å². The third kappa shape index (κ3) is 6.04. The fourth-order valence-corrected chi connectivity index (χ4v) is 4.48. The van der Waals surface area contributed by atoms with Gasteiger partial charge in [0.25, 0.3) is 0 Å². The van der Waals surface area contributed by atoms with Gasteiger partial charge in [-0.05, 0) is 47.4 Å². The minimum atomic E-state index is -0.929. The van der Waals surface area contributed by atoms with Crippen molar-refractivity contribution in [2.75, 3.05) is 19.6 Å². The molecule has 34 heavy (non-hydrogen) atoms. The molecule has 1 aliphatic rings. The lowest BCUT2D eigenvalue weighted by molar-refractivity contribution is -0.136. The highest BCUT2D eigenvalue weighted by Crippen LogP contribution is 2.28. The van der Waals surface area contributed by atoms with Gasteiger partial charge >= 0.3 is 0 Å². The quantitative estimate of drug-likeness (QED) is 0.559. The number of nitrogens with two attached hydrogens (primary N) is 1. The van der Waals surface area contributed by atoms with E-state index >= 15 is 0 Å². The Morgan fingerprint density at radius 2 is 1.65 bits per heavy atom. The number of amides is 1. The summed E-state index contributed by atoms with van der Waals surface area (Å²) < 4.78 is 40.3. The Morgan fingerprint density at radius 3 is 2.35 bits per heavy atom. The Morgan fingerprint density at radius 1 is 0.912 bits per heavy atom. The second-order valence-electron chi connectivity index (χ2n) is 8.79. The molecule has 0 radical (unpaired) electrons. The minimum absolute atomic E-state index is 0.0787. The largest absolute Gasteiger partial charge is 0.333 e. The van der Waals surface area contributed by atoms with Crippen LogP contribution in [0.15, 0.2) is 72.8 Å². The fraction of sp³-hybridized carbons (Fsp3) is 0.296. The van der Waals surface area contributed by atoms with E-state index in [-0.39, 0.29) is 30.6 Å². The van der Waals surface area contributed by atoms with Crippen molar-refractivity contribution in [3.05, 3.63) is 107 Å². The van der Waals surface area contributed by atoms with Crippen LogP contribution in [0.1, 0.15) is 29.2 Å². The number of hydrogen-bond donors (Lipinski definition) is 1. The summed E-state index contributed by atoms with van der Waals surface area (Å²) in [5.74, 6) is -2.28. The number of benzene rings is 3. The summed E-state index contributed by atoms with van der Waals surface area (Å²) in [6.07, 6.45) is 0.341. The van der Waals surface area contributed by atoms with Gasteiger partial charge in [-0.2, -0.15) is 0 Å². The molecule has 2 atom stereocenters. The van der Waals surface area contributed by atoms with Crippen LogP contribution in [0.5, 0.6) is 0 Å². The number of rotatable bonds is 7. The maximum Gasteiger partial charge on any atom is 0.224 e. The Kier molecular flexibility index (Phi) is 7.65. The van der Waals surface area contributed by atoms with Crippen LogP contribution in [0.2, 0.25) is 0 Å². The third-order valence-electron chi connectivity index (χ3n) is 6.21. The Labute approximate surface area is 197 Å². The van der Waals surface area contributed by atoms with E-state index in [2.05, 4.69) is 17.0 Å². The van der Waals surface area contributed by atoms with Gasteiger partial charge in [0.15, 0.2) is 11.6 Å². The van der Waals surface area contributed by atoms with E-state index in [0.29, 0.717) is 25.2 Å². The highest BCUT2D eigenvalue weighted by Gasteiger charge is 2.32. The number of nitrogens with zero attached hydrogens (tertiary/aromatic N) is 2. The molecular formula is C27H28F3N3O. The molecule has 0 saturated carbocycles. The summed E-state index contributed by atoms with van der Waals surface area (Å²) in [7, 11) is 0. The van der Waals surface area contributed by atoms with Crippen LogP contribution in [0, 0.1) is 17.5 Å². The zero-order valence-electron chi connectivity index (χ0n) is 18.8. The van der Waals surface area contributed by atoms with Gasteiger partial charge < -0.3 is 10.6 Å². The first-order valence-corrected chi connectivity index (χ1v) is 11.4. The van der Waals surface area contributed by atoms with Crippen molar-refractivity contribution < 1.29 is 18.0 Å². The van der Waals surface area contributed by atoms with Crippen molar-refractivity contribution in [2.24, 2.45) is 5.73 Å². The predicted molar refractivity (Wildman–Crippen MR) is 125 cm³/mol. The SMILES string of the molecule is N[C@@H](CC(=O)N1CCN(Cc2ccccc2)C[C@H]1c1ccc(F)cc1)Cc1ccc(F)c(F)c1. The predicted octanol–water partition coefficient (Wildman–Crippen LogP) is 4.45. The van der Waals surface area contributed by atoms with Gasteiger partial charge in [-0.25, -0.2) is 13.2 Å². The summed E-state index contributed by atoms with van der Waals surface area (Å²) in [5.41, 5.74) is 8.81. The molecule has 0 bridgehead atoms. The second kappa shape index (κ2) is 10.8. The Bertz CT molecular complexity index is 1110. The van der Waals surface area contributed by atoms with Crippen LogP contribution in [0.4, 0.5) is 13.2 Å². The number of carbonyl (C=O) groups excluding carboxylic acids is 1. The summed E-state index contributed by atoms with van der Waals surface area (Å²) in [6, 6.07) is 19.3. The van der Waals surface area contributed by atoms with E-state index in [1.165, 1.54) is 23.8 Å².